The van der Waals surface area contributed by atoms with Crippen LogP contribution in [0.2, 0.25) is 0 Å². The Morgan fingerprint density at radius 2 is 1.16 bits per heavy atom. The average molecular weight is 598 g/mol. The third-order valence-corrected chi connectivity index (χ3v) is 6.59. The van der Waals surface area contributed by atoms with E-state index in [0.29, 0.717) is 23.7 Å². The van der Waals surface area contributed by atoms with E-state index >= 15 is 0 Å². The summed E-state index contributed by atoms with van der Waals surface area (Å²) < 4.78 is 17.3. The first-order valence-electron chi connectivity index (χ1n) is 14.1. The van der Waals surface area contributed by atoms with Crippen LogP contribution in [0.3, 0.4) is 0 Å². The Kier molecular flexibility index (Phi) is 11.7. The zero-order chi connectivity index (χ0) is 31.1. The number of hydrogen-bond acceptors (Lipinski definition) is 7. The summed E-state index contributed by atoms with van der Waals surface area (Å²) in [6, 6.07) is 31.0. The van der Waals surface area contributed by atoms with Crippen molar-refractivity contribution in [3.05, 3.63) is 131 Å². The minimum Gasteiger partial charge on any atom is -0.485 e. The summed E-state index contributed by atoms with van der Waals surface area (Å²) in [5.74, 6) is -0.631. The highest BCUT2D eigenvalue weighted by Crippen LogP contribution is 2.30. The van der Waals surface area contributed by atoms with Crippen molar-refractivity contribution in [3.8, 4) is 11.5 Å². The highest BCUT2D eigenvalue weighted by atomic mass is 16.5. The molecule has 10 heteroatoms. The molecule has 0 aliphatic rings. The first-order valence-corrected chi connectivity index (χ1v) is 14.1. The number of ether oxygens (including phenoxy) is 3. The van der Waals surface area contributed by atoms with E-state index in [4.69, 9.17) is 19.9 Å². The van der Waals surface area contributed by atoms with Crippen molar-refractivity contribution < 1.29 is 33.7 Å². The van der Waals surface area contributed by atoms with Gasteiger partial charge in [0.05, 0.1) is 6.61 Å². The van der Waals surface area contributed by atoms with Crippen molar-refractivity contribution in [2.75, 3.05) is 6.61 Å². The minimum absolute atomic E-state index is 0.0178. The number of primary amides is 1. The number of carbonyl (C=O) groups excluding carboxylic acids is 3. The molecule has 4 aromatic rings. The Morgan fingerprint density at radius 3 is 1.68 bits per heavy atom. The molecule has 0 unspecified atom stereocenters. The van der Waals surface area contributed by atoms with Crippen LogP contribution in [0.1, 0.15) is 22.3 Å². The Bertz CT molecular complexity index is 1500. The smallest absolute Gasteiger partial charge is 0.408 e. The molecule has 3 amide bonds. The Labute approximate surface area is 255 Å². The molecule has 4 aromatic carbocycles. The van der Waals surface area contributed by atoms with E-state index in [1.54, 1.807) is 42.5 Å². The summed E-state index contributed by atoms with van der Waals surface area (Å²) in [5, 5.41) is 14.6. The van der Waals surface area contributed by atoms with Crippen molar-refractivity contribution in [3.63, 3.8) is 0 Å². The van der Waals surface area contributed by atoms with Gasteiger partial charge in [0.15, 0.2) is 11.5 Å². The molecule has 0 heterocycles. The fraction of sp³-hybridized carbons (Fsp3) is 0.206. The summed E-state index contributed by atoms with van der Waals surface area (Å²) in [5.41, 5.74) is 8.95. The number of aliphatic hydroxyl groups is 1. The number of carbonyl (C=O) groups is 3. The molecule has 0 saturated heterocycles. The maximum Gasteiger partial charge on any atom is 0.408 e. The molecule has 0 aliphatic heterocycles. The summed E-state index contributed by atoms with van der Waals surface area (Å²) in [4.78, 5) is 37.5. The predicted octanol–water partition coefficient (Wildman–Crippen LogP) is 3.64. The van der Waals surface area contributed by atoms with Crippen molar-refractivity contribution in [1.29, 1.82) is 0 Å². The lowest BCUT2D eigenvalue weighted by Gasteiger charge is -2.21. The molecular formula is C34H35N3O7. The van der Waals surface area contributed by atoms with Gasteiger partial charge in [-0.3, -0.25) is 9.59 Å². The van der Waals surface area contributed by atoms with Crippen LogP contribution in [-0.4, -0.2) is 41.7 Å². The second-order valence-corrected chi connectivity index (χ2v) is 9.94. The van der Waals surface area contributed by atoms with Gasteiger partial charge in [-0.2, -0.15) is 0 Å². The first kappa shape index (κ1) is 31.6. The van der Waals surface area contributed by atoms with Crippen molar-refractivity contribution in [1.82, 2.24) is 10.6 Å². The summed E-state index contributed by atoms with van der Waals surface area (Å²) >= 11 is 0. The molecule has 2 atom stereocenters. The van der Waals surface area contributed by atoms with Gasteiger partial charge in [0.25, 0.3) is 0 Å². The number of nitrogens with one attached hydrogen (secondary N) is 2. The minimum atomic E-state index is -1.36. The largest absolute Gasteiger partial charge is 0.485 e. The third-order valence-electron chi connectivity index (χ3n) is 6.59. The number of aliphatic hydroxyl groups excluding tert-OH is 1. The zero-order valence-electron chi connectivity index (χ0n) is 24.1. The molecule has 0 fully saturated rings. The van der Waals surface area contributed by atoms with E-state index in [2.05, 4.69) is 10.6 Å². The molecule has 228 valence electrons. The molecule has 0 spiro atoms. The van der Waals surface area contributed by atoms with Crippen molar-refractivity contribution in [2.45, 2.75) is 38.3 Å². The number of alkyl carbamates (subject to hydrolysis) is 1. The number of amides is 3. The maximum absolute atomic E-state index is 12.9. The Hall–Kier alpha value is -5.35. The normalized spacial score (nSPS) is 11.9. The fourth-order valence-electron chi connectivity index (χ4n) is 4.21. The topological polar surface area (TPSA) is 149 Å². The SMILES string of the molecule is NC(=O)[C@H](Cc1ccc(OCc2ccccc2)c(OCc2ccccc2)c1)NC(=O)[C@H](CO)NC(=O)OCc1ccccc1. The van der Waals surface area contributed by atoms with Gasteiger partial charge in [0.2, 0.25) is 11.8 Å². The van der Waals surface area contributed by atoms with E-state index in [1.807, 2.05) is 66.7 Å². The van der Waals surface area contributed by atoms with Crippen LogP contribution in [0.25, 0.3) is 0 Å². The van der Waals surface area contributed by atoms with Crippen LogP contribution in [0, 0.1) is 0 Å². The summed E-state index contributed by atoms with van der Waals surface area (Å²) in [6.07, 6.45) is -0.872. The van der Waals surface area contributed by atoms with Crippen molar-refractivity contribution in [2.24, 2.45) is 5.73 Å². The highest BCUT2D eigenvalue weighted by molar-refractivity contribution is 5.91. The Balaban J connectivity index is 1.41. The lowest BCUT2D eigenvalue weighted by atomic mass is 10.0. The zero-order valence-corrected chi connectivity index (χ0v) is 24.1. The van der Waals surface area contributed by atoms with Crippen molar-refractivity contribution >= 4 is 17.9 Å². The Morgan fingerprint density at radius 1 is 0.636 bits per heavy atom. The van der Waals surface area contributed by atoms with E-state index in [1.165, 1.54) is 0 Å². The van der Waals surface area contributed by atoms with Crippen LogP contribution >= 0.6 is 0 Å². The van der Waals surface area contributed by atoms with Crippen LogP contribution in [0.15, 0.2) is 109 Å². The molecule has 5 N–H and O–H groups in total. The van der Waals surface area contributed by atoms with Gasteiger partial charge < -0.3 is 35.7 Å². The molecule has 4 rings (SSSR count). The molecule has 0 radical (unpaired) electrons. The quantitative estimate of drug-likeness (QED) is 0.163. The van der Waals surface area contributed by atoms with Crippen LogP contribution in [0.4, 0.5) is 4.79 Å². The molecular weight excluding hydrogens is 562 g/mol. The molecule has 0 aromatic heterocycles. The predicted molar refractivity (Wildman–Crippen MR) is 163 cm³/mol. The molecule has 10 nitrogen and oxygen atoms in total. The number of benzene rings is 4. The van der Waals surface area contributed by atoms with Crippen LogP contribution < -0.4 is 25.8 Å². The maximum atomic E-state index is 12.9. The molecule has 0 aliphatic carbocycles. The van der Waals surface area contributed by atoms with E-state index in [9.17, 15) is 19.5 Å². The van der Waals surface area contributed by atoms with Gasteiger partial charge in [0.1, 0.15) is 31.9 Å². The average Bonchev–Trinajstić information content (AvgIpc) is 3.05. The number of nitrogens with two attached hydrogens (primary N) is 1. The van der Waals surface area contributed by atoms with Crippen LogP contribution in [0.5, 0.6) is 11.5 Å². The number of rotatable bonds is 15. The molecule has 0 saturated carbocycles. The fourth-order valence-corrected chi connectivity index (χ4v) is 4.21. The second-order valence-electron chi connectivity index (χ2n) is 9.94. The van der Waals surface area contributed by atoms with Gasteiger partial charge in [-0.25, -0.2) is 4.79 Å². The van der Waals surface area contributed by atoms with Gasteiger partial charge in [0, 0.05) is 6.42 Å². The standard InChI is InChI=1S/C34H35N3O7/c35-32(39)28(36-33(40)29(20-38)37-34(41)44-23-26-14-8-3-9-15-26)18-27-16-17-30(42-21-24-10-4-1-5-11-24)31(19-27)43-22-25-12-6-2-7-13-25/h1-17,19,28-29,38H,18,20-23H2,(H2,35,39)(H,36,40)(H,37,41)/t28-,29-/m0/s1. The lowest BCUT2D eigenvalue weighted by Crippen LogP contribution is -2.54. The van der Waals surface area contributed by atoms with Gasteiger partial charge in [-0.15, -0.1) is 0 Å². The van der Waals surface area contributed by atoms with Gasteiger partial charge in [-0.1, -0.05) is 97.1 Å². The molecule has 44 heavy (non-hydrogen) atoms. The van der Waals surface area contributed by atoms with E-state index in [0.717, 1.165) is 16.7 Å². The van der Waals surface area contributed by atoms with Crippen LogP contribution in [-0.2, 0) is 40.6 Å². The summed E-state index contributed by atoms with van der Waals surface area (Å²) in [6.45, 7) is -0.129. The first-order chi connectivity index (χ1) is 21.4. The number of hydrogen-bond donors (Lipinski definition) is 4. The molecule has 0 bridgehead atoms. The van der Waals surface area contributed by atoms with E-state index in [-0.39, 0.29) is 19.6 Å². The van der Waals surface area contributed by atoms with E-state index < -0.39 is 36.6 Å². The summed E-state index contributed by atoms with van der Waals surface area (Å²) in [7, 11) is 0. The highest BCUT2D eigenvalue weighted by Gasteiger charge is 2.26. The lowest BCUT2D eigenvalue weighted by molar-refractivity contribution is -0.129. The van der Waals surface area contributed by atoms with Gasteiger partial charge >= 0.3 is 6.09 Å². The third kappa shape index (κ3) is 9.88. The second kappa shape index (κ2) is 16.3. The monoisotopic (exact) mass is 597 g/mol. The van der Waals surface area contributed by atoms with Gasteiger partial charge in [-0.05, 0) is 34.4 Å².